The van der Waals surface area contributed by atoms with E-state index in [4.69, 9.17) is 13.9 Å². The average Bonchev–Trinajstić information content (AvgIpc) is 3.30. The van der Waals surface area contributed by atoms with Crippen molar-refractivity contribution in [3.8, 4) is 17.2 Å². The number of benzene rings is 3. The SMILES string of the molecule is COc1ccc(C(=O)c2cc3cc(/C=C/C(=O)c4c(O)ccc5c4OC(C)(C)C=C5)ccc3o2)cc1. The maximum absolute atomic E-state index is 13.1. The lowest BCUT2D eigenvalue weighted by atomic mass is 9.97. The van der Waals surface area contributed by atoms with E-state index in [2.05, 4.69) is 0 Å². The minimum atomic E-state index is -0.590. The van der Waals surface area contributed by atoms with Crippen LogP contribution in [0.2, 0.25) is 0 Å². The molecule has 1 aromatic heterocycles. The zero-order chi connectivity index (χ0) is 25.4. The van der Waals surface area contributed by atoms with E-state index >= 15 is 0 Å². The van der Waals surface area contributed by atoms with Crippen LogP contribution in [0, 0.1) is 0 Å². The molecule has 1 N–H and O–H groups in total. The number of aromatic hydroxyl groups is 1. The van der Waals surface area contributed by atoms with Gasteiger partial charge in [0.25, 0.3) is 0 Å². The molecule has 0 unspecified atom stereocenters. The lowest BCUT2D eigenvalue weighted by Gasteiger charge is -2.29. The second-order valence-corrected chi connectivity index (χ2v) is 9.08. The predicted molar refractivity (Wildman–Crippen MR) is 138 cm³/mol. The zero-order valence-electron chi connectivity index (χ0n) is 20.1. The normalized spacial score (nSPS) is 14.0. The summed E-state index contributed by atoms with van der Waals surface area (Å²) in [7, 11) is 1.57. The molecule has 0 bridgehead atoms. The highest BCUT2D eigenvalue weighted by atomic mass is 16.5. The van der Waals surface area contributed by atoms with Gasteiger partial charge in [0.15, 0.2) is 11.5 Å². The van der Waals surface area contributed by atoms with Gasteiger partial charge in [-0.15, -0.1) is 0 Å². The molecule has 5 rings (SSSR count). The number of ketones is 2. The van der Waals surface area contributed by atoms with Gasteiger partial charge in [-0.05, 0) is 86.2 Å². The summed E-state index contributed by atoms with van der Waals surface area (Å²) in [6.07, 6.45) is 6.84. The van der Waals surface area contributed by atoms with E-state index in [1.807, 2.05) is 32.1 Å². The summed E-state index contributed by atoms with van der Waals surface area (Å²) >= 11 is 0. The Bertz CT molecular complexity index is 1550. The first-order chi connectivity index (χ1) is 17.2. The van der Waals surface area contributed by atoms with Gasteiger partial charge in [0.05, 0.1) is 7.11 Å². The topological polar surface area (TPSA) is 86.0 Å². The number of ether oxygens (including phenoxy) is 2. The van der Waals surface area contributed by atoms with Crippen molar-refractivity contribution in [2.24, 2.45) is 0 Å². The molecule has 0 saturated heterocycles. The number of methoxy groups -OCH3 is 1. The molecule has 180 valence electrons. The number of phenolic OH excluding ortho intramolecular Hbond substituents is 1. The third kappa shape index (κ3) is 4.41. The van der Waals surface area contributed by atoms with E-state index in [1.165, 1.54) is 12.1 Å². The number of carbonyl (C=O) groups excluding carboxylic acids is 2. The average molecular weight is 481 g/mol. The van der Waals surface area contributed by atoms with Crippen molar-refractivity contribution in [3.05, 3.63) is 101 Å². The molecular formula is C30H24O6. The molecule has 0 saturated carbocycles. The van der Waals surface area contributed by atoms with Gasteiger partial charge in [-0.3, -0.25) is 9.59 Å². The van der Waals surface area contributed by atoms with Gasteiger partial charge in [0, 0.05) is 16.5 Å². The van der Waals surface area contributed by atoms with Crippen molar-refractivity contribution in [1.29, 1.82) is 0 Å². The van der Waals surface area contributed by atoms with Crippen LogP contribution in [0.5, 0.6) is 17.2 Å². The molecule has 0 aliphatic carbocycles. The standard InChI is InChI=1S/C30H24O6/c1-30(2)15-14-20-8-12-24(32)27(29(20)36-30)23(31)11-4-18-5-13-25-21(16-18)17-26(35-25)28(33)19-6-9-22(34-3)10-7-19/h4-17,32H,1-3H3/b11-4+. The number of hydrogen-bond donors (Lipinski definition) is 1. The smallest absolute Gasteiger partial charge is 0.228 e. The van der Waals surface area contributed by atoms with E-state index in [9.17, 15) is 14.7 Å². The van der Waals surface area contributed by atoms with Gasteiger partial charge in [-0.2, -0.15) is 0 Å². The van der Waals surface area contributed by atoms with Gasteiger partial charge in [-0.25, -0.2) is 0 Å². The fourth-order valence-corrected chi connectivity index (χ4v) is 4.07. The van der Waals surface area contributed by atoms with Crippen molar-refractivity contribution in [2.75, 3.05) is 7.11 Å². The van der Waals surface area contributed by atoms with Crippen LogP contribution < -0.4 is 9.47 Å². The quantitative estimate of drug-likeness (QED) is 0.252. The van der Waals surface area contributed by atoms with E-state index < -0.39 is 5.60 Å². The second-order valence-electron chi connectivity index (χ2n) is 9.08. The van der Waals surface area contributed by atoms with Gasteiger partial charge < -0.3 is 19.0 Å². The highest BCUT2D eigenvalue weighted by molar-refractivity contribution is 6.11. The highest BCUT2D eigenvalue weighted by Gasteiger charge is 2.27. The van der Waals surface area contributed by atoms with E-state index in [1.54, 1.807) is 61.7 Å². The number of carbonyl (C=O) groups is 2. The Hall–Kier alpha value is -4.58. The van der Waals surface area contributed by atoms with Crippen LogP contribution in [0.4, 0.5) is 0 Å². The van der Waals surface area contributed by atoms with Crippen LogP contribution in [-0.4, -0.2) is 29.4 Å². The van der Waals surface area contributed by atoms with Crippen molar-refractivity contribution in [2.45, 2.75) is 19.4 Å². The van der Waals surface area contributed by atoms with Crippen LogP contribution in [-0.2, 0) is 0 Å². The molecule has 0 amide bonds. The largest absolute Gasteiger partial charge is 0.507 e. The summed E-state index contributed by atoms with van der Waals surface area (Å²) in [6, 6.07) is 17.1. The van der Waals surface area contributed by atoms with Crippen molar-refractivity contribution < 1.29 is 28.6 Å². The van der Waals surface area contributed by atoms with Gasteiger partial charge >= 0.3 is 0 Å². The maximum Gasteiger partial charge on any atom is 0.228 e. The van der Waals surface area contributed by atoms with E-state index in [0.717, 1.165) is 16.5 Å². The molecule has 1 aliphatic rings. The van der Waals surface area contributed by atoms with Crippen LogP contribution in [0.3, 0.4) is 0 Å². The third-order valence-corrected chi connectivity index (χ3v) is 5.99. The molecule has 3 aromatic carbocycles. The van der Waals surface area contributed by atoms with Crippen LogP contribution in [0.15, 0.2) is 77.2 Å². The summed E-state index contributed by atoms with van der Waals surface area (Å²) in [6.45, 7) is 3.77. The first kappa shape index (κ1) is 23.2. The summed E-state index contributed by atoms with van der Waals surface area (Å²) in [5.41, 5.74) is 2.06. The van der Waals surface area contributed by atoms with Crippen LogP contribution in [0.25, 0.3) is 23.1 Å². The molecule has 0 fully saturated rings. The summed E-state index contributed by atoms with van der Waals surface area (Å²) < 4.78 is 16.9. The number of furan rings is 1. The first-order valence-corrected chi connectivity index (χ1v) is 11.4. The number of fused-ring (bicyclic) bond motifs is 2. The minimum Gasteiger partial charge on any atom is -0.507 e. The molecule has 2 heterocycles. The molecule has 0 atom stereocenters. The molecule has 6 nitrogen and oxygen atoms in total. The van der Waals surface area contributed by atoms with Gasteiger partial charge in [-0.1, -0.05) is 18.2 Å². The van der Waals surface area contributed by atoms with Crippen molar-refractivity contribution >= 4 is 34.7 Å². The molecule has 6 heteroatoms. The van der Waals surface area contributed by atoms with Crippen LogP contribution in [0.1, 0.15) is 51.5 Å². The lowest BCUT2D eigenvalue weighted by molar-refractivity contribution is 0.101. The highest BCUT2D eigenvalue weighted by Crippen LogP contribution is 2.39. The van der Waals surface area contributed by atoms with Crippen molar-refractivity contribution in [1.82, 2.24) is 0 Å². The fourth-order valence-electron chi connectivity index (χ4n) is 4.07. The monoisotopic (exact) mass is 480 g/mol. The summed E-state index contributed by atoms with van der Waals surface area (Å²) in [5.74, 6) is 0.505. The molecule has 0 spiro atoms. The maximum atomic E-state index is 13.1. The third-order valence-electron chi connectivity index (χ3n) is 5.99. The van der Waals surface area contributed by atoms with Crippen LogP contribution >= 0.6 is 0 Å². The minimum absolute atomic E-state index is 0.123. The Morgan fingerprint density at radius 1 is 1.00 bits per heavy atom. The molecule has 36 heavy (non-hydrogen) atoms. The van der Waals surface area contributed by atoms with Gasteiger partial charge in [0.2, 0.25) is 5.78 Å². The fraction of sp³-hybridized carbons (Fsp3) is 0.133. The molecule has 0 radical (unpaired) electrons. The predicted octanol–water partition coefficient (Wildman–Crippen LogP) is 6.46. The lowest BCUT2D eigenvalue weighted by Crippen LogP contribution is -2.28. The zero-order valence-corrected chi connectivity index (χ0v) is 20.1. The Balaban J connectivity index is 1.40. The van der Waals surface area contributed by atoms with Gasteiger partial charge in [0.1, 0.15) is 34.0 Å². The Kier molecular flexibility index (Phi) is 5.72. The molecular weight excluding hydrogens is 456 g/mol. The Labute approximate surface area is 208 Å². The number of phenols is 1. The first-order valence-electron chi connectivity index (χ1n) is 11.4. The number of hydrogen-bond acceptors (Lipinski definition) is 6. The summed E-state index contributed by atoms with van der Waals surface area (Å²) in [4.78, 5) is 25.9. The summed E-state index contributed by atoms with van der Waals surface area (Å²) in [5, 5.41) is 11.1. The van der Waals surface area contributed by atoms with E-state index in [-0.39, 0.29) is 28.6 Å². The molecule has 4 aromatic rings. The number of rotatable bonds is 6. The Morgan fingerprint density at radius 2 is 1.78 bits per heavy atom. The van der Waals surface area contributed by atoms with Crippen molar-refractivity contribution in [3.63, 3.8) is 0 Å². The number of allylic oxidation sites excluding steroid dienone is 1. The van der Waals surface area contributed by atoms with E-state index in [0.29, 0.717) is 22.6 Å². The Morgan fingerprint density at radius 3 is 2.53 bits per heavy atom. The second kappa shape index (κ2) is 8.89. The molecule has 1 aliphatic heterocycles.